The van der Waals surface area contributed by atoms with Crippen LogP contribution in [-0.4, -0.2) is 49.7 Å². The summed E-state index contributed by atoms with van der Waals surface area (Å²) in [6.07, 6.45) is 0. The predicted octanol–water partition coefficient (Wildman–Crippen LogP) is 2.09. The average molecular weight is 343 g/mol. The van der Waals surface area contributed by atoms with Crippen LogP contribution in [0.2, 0.25) is 0 Å². The number of benzene rings is 1. The maximum atomic E-state index is 12.1. The molecule has 0 aliphatic carbocycles. The SMILES string of the molecule is CCOc1ccc(C(=O)NCCNc2cc(N(C)C)nc(C)n2)cc1. The second kappa shape index (κ2) is 8.86. The minimum atomic E-state index is -0.113. The molecule has 1 heterocycles. The Balaban J connectivity index is 1.81. The van der Waals surface area contributed by atoms with Gasteiger partial charge in [-0.25, -0.2) is 9.97 Å². The number of aryl methyl sites for hydroxylation is 1. The van der Waals surface area contributed by atoms with Crippen molar-refractivity contribution in [3.8, 4) is 5.75 Å². The van der Waals surface area contributed by atoms with E-state index in [0.29, 0.717) is 31.1 Å². The molecule has 7 nitrogen and oxygen atoms in total. The number of carbonyl (C=O) groups is 1. The standard InChI is InChI=1S/C18H25N5O2/c1-5-25-15-8-6-14(7-9-15)18(24)20-11-10-19-16-12-17(23(3)4)22-13(2)21-16/h6-9,12H,5,10-11H2,1-4H3,(H,20,24)(H,19,21,22). The third-order valence-corrected chi connectivity index (χ3v) is 3.43. The number of nitrogens with zero attached hydrogens (tertiary/aromatic N) is 3. The Hall–Kier alpha value is -2.83. The van der Waals surface area contributed by atoms with E-state index in [1.165, 1.54) is 0 Å². The number of hydrogen-bond acceptors (Lipinski definition) is 6. The Morgan fingerprint density at radius 1 is 1.16 bits per heavy atom. The van der Waals surface area contributed by atoms with Gasteiger partial charge in [0.15, 0.2) is 0 Å². The molecule has 0 aliphatic rings. The molecule has 7 heteroatoms. The van der Waals surface area contributed by atoms with Crippen molar-refractivity contribution in [1.82, 2.24) is 15.3 Å². The molecule has 2 rings (SSSR count). The summed E-state index contributed by atoms with van der Waals surface area (Å²) in [5, 5.41) is 6.08. The number of ether oxygens (including phenoxy) is 1. The van der Waals surface area contributed by atoms with Crippen molar-refractivity contribution < 1.29 is 9.53 Å². The topological polar surface area (TPSA) is 79.4 Å². The molecule has 25 heavy (non-hydrogen) atoms. The van der Waals surface area contributed by atoms with E-state index in [4.69, 9.17) is 4.74 Å². The normalized spacial score (nSPS) is 10.2. The van der Waals surface area contributed by atoms with Crippen LogP contribution in [0.1, 0.15) is 23.1 Å². The zero-order chi connectivity index (χ0) is 18.2. The van der Waals surface area contributed by atoms with E-state index >= 15 is 0 Å². The summed E-state index contributed by atoms with van der Waals surface area (Å²) in [7, 11) is 3.87. The summed E-state index contributed by atoms with van der Waals surface area (Å²) < 4.78 is 5.37. The van der Waals surface area contributed by atoms with Crippen LogP contribution in [-0.2, 0) is 0 Å². The van der Waals surface area contributed by atoms with Crippen molar-refractivity contribution in [3.63, 3.8) is 0 Å². The Morgan fingerprint density at radius 2 is 1.88 bits per heavy atom. The lowest BCUT2D eigenvalue weighted by Crippen LogP contribution is -2.29. The highest BCUT2D eigenvalue weighted by atomic mass is 16.5. The third kappa shape index (κ3) is 5.63. The van der Waals surface area contributed by atoms with Crippen molar-refractivity contribution in [2.75, 3.05) is 44.0 Å². The molecule has 0 bridgehead atoms. The van der Waals surface area contributed by atoms with E-state index in [1.54, 1.807) is 24.3 Å². The van der Waals surface area contributed by atoms with Crippen LogP contribution in [0.4, 0.5) is 11.6 Å². The highest BCUT2D eigenvalue weighted by molar-refractivity contribution is 5.94. The first-order chi connectivity index (χ1) is 12.0. The molecule has 0 spiro atoms. The molecule has 0 unspecified atom stereocenters. The lowest BCUT2D eigenvalue weighted by molar-refractivity contribution is 0.0955. The number of rotatable bonds is 8. The van der Waals surface area contributed by atoms with E-state index in [0.717, 1.165) is 17.4 Å². The van der Waals surface area contributed by atoms with Crippen LogP contribution in [0, 0.1) is 6.92 Å². The molecule has 0 atom stereocenters. The number of hydrogen-bond donors (Lipinski definition) is 2. The van der Waals surface area contributed by atoms with Crippen LogP contribution in [0.15, 0.2) is 30.3 Å². The number of anilines is 2. The van der Waals surface area contributed by atoms with E-state index in [-0.39, 0.29) is 5.91 Å². The van der Waals surface area contributed by atoms with Gasteiger partial charge in [-0.3, -0.25) is 4.79 Å². The zero-order valence-electron chi connectivity index (χ0n) is 15.2. The van der Waals surface area contributed by atoms with E-state index in [2.05, 4.69) is 20.6 Å². The first-order valence-electron chi connectivity index (χ1n) is 8.27. The smallest absolute Gasteiger partial charge is 0.251 e. The molecule has 1 aromatic carbocycles. The Bertz CT molecular complexity index is 701. The van der Waals surface area contributed by atoms with Crippen molar-refractivity contribution in [2.45, 2.75) is 13.8 Å². The lowest BCUT2D eigenvalue weighted by Gasteiger charge is -2.14. The predicted molar refractivity (Wildman–Crippen MR) is 99.5 cm³/mol. The van der Waals surface area contributed by atoms with Gasteiger partial charge in [0.25, 0.3) is 5.91 Å². The highest BCUT2D eigenvalue weighted by Gasteiger charge is 2.06. The Kier molecular flexibility index (Phi) is 6.56. The van der Waals surface area contributed by atoms with Crippen LogP contribution >= 0.6 is 0 Å². The maximum absolute atomic E-state index is 12.1. The van der Waals surface area contributed by atoms with Crippen LogP contribution in [0.25, 0.3) is 0 Å². The lowest BCUT2D eigenvalue weighted by atomic mass is 10.2. The Morgan fingerprint density at radius 3 is 2.52 bits per heavy atom. The van der Waals surface area contributed by atoms with Gasteiger partial charge in [0.05, 0.1) is 6.61 Å². The van der Waals surface area contributed by atoms with Crippen LogP contribution < -0.4 is 20.3 Å². The fourth-order valence-corrected chi connectivity index (χ4v) is 2.21. The molecule has 2 N–H and O–H groups in total. The molecular formula is C18H25N5O2. The second-order valence-electron chi connectivity index (χ2n) is 5.69. The van der Waals surface area contributed by atoms with Crippen LogP contribution in [0.5, 0.6) is 5.75 Å². The molecule has 1 aromatic heterocycles. The average Bonchev–Trinajstić information content (AvgIpc) is 2.59. The van der Waals surface area contributed by atoms with Gasteiger partial charge in [-0.1, -0.05) is 0 Å². The summed E-state index contributed by atoms with van der Waals surface area (Å²) in [5.74, 6) is 2.93. The Labute approximate surface area is 148 Å². The molecule has 0 aliphatic heterocycles. The first kappa shape index (κ1) is 18.5. The maximum Gasteiger partial charge on any atom is 0.251 e. The van der Waals surface area contributed by atoms with Gasteiger partial charge in [-0.2, -0.15) is 0 Å². The summed E-state index contributed by atoms with van der Waals surface area (Å²) in [6, 6.07) is 8.98. The fourth-order valence-electron chi connectivity index (χ4n) is 2.21. The summed E-state index contributed by atoms with van der Waals surface area (Å²) in [6.45, 7) is 5.45. The first-order valence-corrected chi connectivity index (χ1v) is 8.27. The van der Waals surface area contributed by atoms with Gasteiger partial charge in [-0.15, -0.1) is 0 Å². The number of nitrogens with one attached hydrogen (secondary N) is 2. The molecule has 0 radical (unpaired) electrons. The molecule has 0 saturated heterocycles. The summed E-state index contributed by atoms with van der Waals surface area (Å²) in [4.78, 5) is 22.7. The van der Waals surface area contributed by atoms with Crippen LogP contribution in [0.3, 0.4) is 0 Å². The van der Waals surface area contributed by atoms with Crippen molar-refractivity contribution >= 4 is 17.5 Å². The quantitative estimate of drug-likeness (QED) is 0.715. The number of aromatic nitrogens is 2. The third-order valence-electron chi connectivity index (χ3n) is 3.43. The van der Waals surface area contributed by atoms with Crippen molar-refractivity contribution in [3.05, 3.63) is 41.7 Å². The van der Waals surface area contributed by atoms with E-state index in [1.807, 2.05) is 38.9 Å². The summed E-state index contributed by atoms with van der Waals surface area (Å²) >= 11 is 0. The number of carbonyl (C=O) groups excluding carboxylic acids is 1. The molecule has 1 amide bonds. The molecule has 0 fully saturated rings. The summed E-state index contributed by atoms with van der Waals surface area (Å²) in [5.41, 5.74) is 0.608. The van der Waals surface area contributed by atoms with Crippen molar-refractivity contribution in [2.24, 2.45) is 0 Å². The monoisotopic (exact) mass is 343 g/mol. The van der Waals surface area contributed by atoms with Gasteiger partial charge in [0.1, 0.15) is 23.2 Å². The van der Waals surface area contributed by atoms with Crippen molar-refractivity contribution in [1.29, 1.82) is 0 Å². The molecule has 0 saturated carbocycles. The van der Waals surface area contributed by atoms with Gasteiger partial charge in [0.2, 0.25) is 0 Å². The number of amides is 1. The van der Waals surface area contributed by atoms with E-state index in [9.17, 15) is 4.79 Å². The van der Waals surface area contributed by atoms with Gasteiger partial charge in [0, 0.05) is 38.8 Å². The fraction of sp³-hybridized carbons (Fsp3) is 0.389. The molecular weight excluding hydrogens is 318 g/mol. The molecule has 134 valence electrons. The molecule has 2 aromatic rings. The van der Waals surface area contributed by atoms with Gasteiger partial charge >= 0.3 is 0 Å². The zero-order valence-corrected chi connectivity index (χ0v) is 15.2. The minimum Gasteiger partial charge on any atom is -0.494 e. The second-order valence-corrected chi connectivity index (χ2v) is 5.69. The van der Waals surface area contributed by atoms with Gasteiger partial charge < -0.3 is 20.3 Å². The largest absolute Gasteiger partial charge is 0.494 e. The highest BCUT2D eigenvalue weighted by Crippen LogP contribution is 2.13. The van der Waals surface area contributed by atoms with E-state index < -0.39 is 0 Å². The van der Waals surface area contributed by atoms with Gasteiger partial charge in [-0.05, 0) is 38.1 Å². The minimum absolute atomic E-state index is 0.113.